The molecule has 0 bridgehead atoms. The van der Waals surface area contributed by atoms with Crippen molar-refractivity contribution < 1.29 is 0 Å². The van der Waals surface area contributed by atoms with Crippen LogP contribution in [0.4, 0.5) is 0 Å². The van der Waals surface area contributed by atoms with Crippen molar-refractivity contribution in [2.24, 2.45) is 0 Å². The molecule has 13 heavy (non-hydrogen) atoms. The van der Waals surface area contributed by atoms with Crippen molar-refractivity contribution >= 4 is 0 Å². The molecular weight excluding hydrogens is 162 g/mol. The molecule has 1 heterocycles. The van der Waals surface area contributed by atoms with E-state index in [1.807, 2.05) is 0 Å². The lowest BCUT2D eigenvalue weighted by atomic mass is 10.3. The van der Waals surface area contributed by atoms with E-state index >= 15 is 0 Å². The second-order valence-electron chi connectivity index (χ2n) is 2.73. The minimum Gasteiger partial charge on any atom is -0.313 e. The van der Waals surface area contributed by atoms with Crippen molar-refractivity contribution in [2.75, 3.05) is 6.54 Å². The zero-order chi connectivity index (χ0) is 9.36. The Labute approximate surface area is 78.6 Å². The molecule has 0 amide bonds. The second kappa shape index (κ2) is 6.15. The number of hydrogen-bond acceptors (Lipinski definition) is 3. The lowest BCUT2D eigenvalue weighted by Crippen LogP contribution is -2.14. The zero-order valence-corrected chi connectivity index (χ0v) is 7.53. The average Bonchev–Trinajstić information content (AvgIpc) is 2.19. The third-order valence-corrected chi connectivity index (χ3v) is 1.62. The van der Waals surface area contributed by atoms with Gasteiger partial charge in [0.1, 0.15) is 6.33 Å². The highest BCUT2D eigenvalue weighted by Crippen LogP contribution is 1.91. The maximum Gasteiger partial charge on any atom is 0.115 e. The van der Waals surface area contributed by atoms with Gasteiger partial charge in [0, 0.05) is 30.9 Å². The lowest BCUT2D eigenvalue weighted by Gasteiger charge is -2.01. The van der Waals surface area contributed by atoms with Crippen LogP contribution >= 0.6 is 0 Å². The fourth-order valence-corrected chi connectivity index (χ4v) is 0.969. The van der Waals surface area contributed by atoms with Gasteiger partial charge in [0.2, 0.25) is 0 Å². The van der Waals surface area contributed by atoms with Crippen LogP contribution < -0.4 is 5.32 Å². The SMILES string of the molecule is C#CCCCNCc1cncnc1. The first-order valence-electron chi connectivity index (χ1n) is 4.31. The first kappa shape index (κ1) is 9.69. The minimum atomic E-state index is 0.811. The van der Waals surface area contributed by atoms with Crippen molar-refractivity contribution in [1.29, 1.82) is 0 Å². The van der Waals surface area contributed by atoms with Crippen LogP contribution in [0.5, 0.6) is 0 Å². The number of hydrogen-bond donors (Lipinski definition) is 1. The fourth-order valence-electron chi connectivity index (χ4n) is 0.969. The van der Waals surface area contributed by atoms with E-state index in [2.05, 4.69) is 21.2 Å². The van der Waals surface area contributed by atoms with Gasteiger partial charge in [0.05, 0.1) is 0 Å². The molecule has 3 heteroatoms. The summed E-state index contributed by atoms with van der Waals surface area (Å²) in [6.07, 6.45) is 12.1. The van der Waals surface area contributed by atoms with E-state index in [0.29, 0.717) is 0 Å². The molecule has 0 aliphatic heterocycles. The molecule has 1 N–H and O–H groups in total. The topological polar surface area (TPSA) is 37.8 Å². The second-order valence-corrected chi connectivity index (χ2v) is 2.73. The fraction of sp³-hybridized carbons (Fsp3) is 0.400. The third-order valence-electron chi connectivity index (χ3n) is 1.62. The molecule has 0 aliphatic carbocycles. The Morgan fingerprint density at radius 1 is 1.38 bits per heavy atom. The summed E-state index contributed by atoms with van der Waals surface area (Å²) in [6.45, 7) is 1.75. The molecule has 0 unspecified atom stereocenters. The molecule has 0 radical (unpaired) electrons. The summed E-state index contributed by atoms with van der Waals surface area (Å²) in [4.78, 5) is 7.83. The van der Waals surface area contributed by atoms with Gasteiger partial charge in [-0.05, 0) is 13.0 Å². The monoisotopic (exact) mass is 175 g/mol. The molecule has 68 valence electrons. The van der Waals surface area contributed by atoms with E-state index in [1.54, 1.807) is 12.4 Å². The quantitative estimate of drug-likeness (QED) is 0.535. The van der Waals surface area contributed by atoms with Gasteiger partial charge in [-0.2, -0.15) is 0 Å². The van der Waals surface area contributed by atoms with Gasteiger partial charge in [-0.25, -0.2) is 9.97 Å². The van der Waals surface area contributed by atoms with Gasteiger partial charge >= 0.3 is 0 Å². The van der Waals surface area contributed by atoms with Crippen molar-refractivity contribution in [3.63, 3.8) is 0 Å². The van der Waals surface area contributed by atoms with E-state index in [9.17, 15) is 0 Å². The molecule has 0 aliphatic rings. The summed E-state index contributed by atoms with van der Waals surface area (Å²) < 4.78 is 0. The normalized spacial score (nSPS) is 9.46. The zero-order valence-electron chi connectivity index (χ0n) is 7.53. The van der Waals surface area contributed by atoms with Crippen molar-refractivity contribution in [3.05, 3.63) is 24.3 Å². The number of nitrogens with one attached hydrogen (secondary N) is 1. The standard InChI is InChI=1S/C10H13N3/c1-2-3-4-5-11-6-10-7-12-9-13-8-10/h1,7-9,11H,3-6H2. The smallest absolute Gasteiger partial charge is 0.115 e. The largest absolute Gasteiger partial charge is 0.313 e. The molecule has 0 atom stereocenters. The van der Waals surface area contributed by atoms with Crippen LogP contribution in [-0.4, -0.2) is 16.5 Å². The van der Waals surface area contributed by atoms with Crippen LogP contribution in [0.25, 0.3) is 0 Å². The number of terminal acetylenes is 1. The molecule has 0 saturated carbocycles. The van der Waals surface area contributed by atoms with Crippen LogP contribution in [0.1, 0.15) is 18.4 Å². The van der Waals surface area contributed by atoms with Gasteiger partial charge in [-0.15, -0.1) is 12.3 Å². The van der Waals surface area contributed by atoms with Gasteiger partial charge in [-0.1, -0.05) is 0 Å². The molecule has 0 spiro atoms. The van der Waals surface area contributed by atoms with Crippen LogP contribution in [0, 0.1) is 12.3 Å². The van der Waals surface area contributed by atoms with E-state index in [-0.39, 0.29) is 0 Å². The van der Waals surface area contributed by atoms with Gasteiger partial charge in [0.25, 0.3) is 0 Å². The van der Waals surface area contributed by atoms with Crippen LogP contribution in [-0.2, 0) is 6.54 Å². The number of unbranched alkanes of at least 4 members (excludes halogenated alkanes) is 1. The van der Waals surface area contributed by atoms with Crippen LogP contribution in [0.3, 0.4) is 0 Å². The predicted octanol–water partition coefficient (Wildman–Crippen LogP) is 0.980. The van der Waals surface area contributed by atoms with Crippen molar-refractivity contribution in [2.45, 2.75) is 19.4 Å². The maximum atomic E-state index is 5.12. The molecule has 1 rings (SSSR count). The van der Waals surface area contributed by atoms with Gasteiger partial charge in [-0.3, -0.25) is 0 Å². The van der Waals surface area contributed by atoms with Crippen LogP contribution in [0.2, 0.25) is 0 Å². The first-order valence-corrected chi connectivity index (χ1v) is 4.31. The number of nitrogens with zero attached hydrogens (tertiary/aromatic N) is 2. The summed E-state index contributed by atoms with van der Waals surface area (Å²) in [5.41, 5.74) is 1.10. The average molecular weight is 175 g/mol. The number of rotatable bonds is 5. The summed E-state index contributed by atoms with van der Waals surface area (Å²) >= 11 is 0. The summed E-state index contributed by atoms with van der Waals surface area (Å²) in [5, 5.41) is 3.26. The Kier molecular flexibility index (Phi) is 4.58. The highest BCUT2D eigenvalue weighted by Gasteiger charge is 1.90. The van der Waals surface area contributed by atoms with Gasteiger partial charge < -0.3 is 5.32 Å². The van der Waals surface area contributed by atoms with Gasteiger partial charge in [0.15, 0.2) is 0 Å². The van der Waals surface area contributed by atoms with Crippen molar-refractivity contribution in [3.8, 4) is 12.3 Å². The van der Waals surface area contributed by atoms with Crippen LogP contribution in [0.15, 0.2) is 18.7 Å². The molecule has 1 aromatic heterocycles. The van der Waals surface area contributed by atoms with E-state index in [4.69, 9.17) is 6.42 Å². The molecule has 0 fully saturated rings. The highest BCUT2D eigenvalue weighted by atomic mass is 14.9. The number of aromatic nitrogens is 2. The van der Waals surface area contributed by atoms with E-state index in [0.717, 1.165) is 31.5 Å². The first-order chi connectivity index (χ1) is 6.43. The lowest BCUT2D eigenvalue weighted by molar-refractivity contribution is 0.656. The molecule has 0 aromatic carbocycles. The Balaban J connectivity index is 2.11. The molecular formula is C10H13N3. The third kappa shape index (κ3) is 4.24. The Bertz CT molecular complexity index is 263. The summed E-state index contributed by atoms with van der Waals surface area (Å²) in [7, 11) is 0. The van der Waals surface area contributed by atoms with Crippen molar-refractivity contribution in [1.82, 2.24) is 15.3 Å². The van der Waals surface area contributed by atoms with E-state index < -0.39 is 0 Å². The summed E-state index contributed by atoms with van der Waals surface area (Å²) in [5.74, 6) is 2.60. The Hall–Kier alpha value is -1.40. The Morgan fingerprint density at radius 2 is 2.15 bits per heavy atom. The minimum absolute atomic E-state index is 0.811. The van der Waals surface area contributed by atoms with E-state index in [1.165, 1.54) is 6.33 Å². The highest BCUT2D eigenvalue weighted by molar-refractivity contribution is 5.01. The predicted molar refractivity (Wildman–Crippen MR) is 51.8 cm³/mol. The summed E-state index contributed by atoms with van der Waals surface area (Å²) in [6, 6.07) is 0. The molecule has 3 nitrogen and oxygen atoms in total. The Morgan fingerprint density at radius 3 is 2.85 bits per heavy atom. The molecule has 0 saturated heterocycles. The maximum absolute atomic E-state index is 5.12. The molecule has 1 aromatic rings.